The number of hydrazine groups is 1. The molecular formula is C5H14N2O2. The molecule has 4 heteroatoms. The fourth-order valence-electron chi connectivity index (χ4n) is 0.480. The van der Waals surface area contributed by atoms with Gasteiger partial charge in [0.25, 0.3) is 0 Å². The summed E-state index contributed by atoms with van der Waals surface area (Å²) in [6.45, 7) is 0.576. The maximum absolute atomic E-state index is 5.32. The van der Waals surface area contributed by atoms with Crippen molar-refractivity contribution < 1.29 is 9.47 Å². The van der Waals surface area contributed by atoms with Gasteiger partial charge in [-0.15, -0.1) is 0 Å². The van der Waals surface area contributed by atoms with E-state index in [1.54, 1.807) is 21.3 Å². The summed E-state index contributed by atoms with van der Waals surface area (Å²) >= 11 is 0. The second-order valence-electron chi connectivity index (χ2n) is 1.84. The second-order valence-corrected chi connectivity index (χ2v) is 1.84. The molecule has 0 heterocycles. The minimum absolute atomic E-state index is 0.222. The molecule has 0 radical (unpaired) electrons. The summed E-state index contributed by atoms with van der Waals surface area (Å²) in [5.74, 6) is 5.32. The lowest BCUT2D eigenvalue weighted by Crippen LogP contribution is -2.36. The van der Waals surface area contributed by atoms with Crippen LogP contribution < -0.4 is 5.84 Å². The van der Waals surface area contributed by atoms with Gasteiger partial charge in [0.05, 0.1) is 6.54 Å². The smallest absolute Gasteiger partial charge is 0.170 e. The van der Waals surface area contributed by atoms with Gasteiger partial charge in [-0.25, -0.2) is 5.01 Å². The van der Waals surface area contributed by atoms with Gasteiger partial charge in [0.2, 0.25) is 0 Å². The van der Waals surface area contributed by atoms with Crippen molar-refractivity contribution in [1.82, 2.24) is 5.01 Å². The zero-order valence-corrected chi connectivity index (χ0v) is 6.13. The van der Waals surface area contributed by atoms with Crippen LogP contribution in [0.15, 0.2) is 0 Å². The molecule has 0 aliphatic heterocycles. The molecule has 56 valence electrons. The highest BCUT2D eigenvalue weighted by Crippen LogP contribution is 1.89. The van der Waals surface area contributed by atoms with Crippen LogP contribution >= 0.6 is 0 Å². The average molecular weight is 134 g/mol. The summed E-state index contributed by atoms with van der Waals surface area (Å²) in [6, 6.07) is 0. The molecule has 9 heavy (non-hydrogen) atoms. The molecule has 4 nitrogen and oxygen atoms in total. The first kappa shape index (κ1) is 8.84. The molecule has 0 unspecified atom stereocenters. The van der Waals surface area contributed by atoms with Gasteiger partial charge >= 0.3 is 0 Å². The van der Waals surface area contributed by atoms with E-state index in [1.807, 2.05) is 0 Å². The molecule has 2 N–H and O–H groups in total. The molecule has 0 spiro atoms. The van der Waals surface area contributed by atoms with Gasteiger partial charge in [-0.3, -0.25) is 5.84 Å². The Hall–Kier alpha value is -0.160. The number of ether oxygens (including phenoxy) is 2. The maximum Gasteiger partial charge on any atom is 0.170 e. The van der Waals surface area contributed by atoms with E-state index in [4.69, 9.17) is 15.3 Å². The molecule has 0 atom stereocenters. The normalized spacial score (nSPS) is 11.3. The Labute approximate surface area is 55.5 Å². The Balaban J connectivity index is 3.31. The van der Waals surface area contributed by atoms with Crippen molar-refractivity contribution in [3.05, 3.63) is 0 Å². The Morgan fingerprint density at radius 2 is 1.89 bits per heavy atom. The number of likely N-dealkylation sites (N-methyl/N-ethyl adjacent to an activating group) is 1. The Morgan fingerprint density at radius 1 is 1.44 bits per heavy atom. The first-order valence-corrected chi connectivity index (χ1v) is 2.72. The topological polar surface area (TPSA) is 47.7 Å². The lowest BCUT2D eigenvalue weighted by molar-refractivity contribution is -0.113. The van der Waals surface area contributed by atoms with Crippen molar-refractivity contribution in [1.29, 1.82) is 0 Å². The molecule has 0 aromatic carbocycles. The second kappa shape index (κ2) is 4.69. The highest BCUT2D eigenvalue weighted by molar-refractivity contribution is 4.44. The monoisotopic (exact) mass is 134 g/mol. The third-order valence-electron chi connectivity index (χ3n) is 0.963. The molecule has 0 bridgehead atoms. The number of nitrogens with zero attached hydrogens (tertiary/aromatic N) is 1. The molecule has 0 rings (SSSR count). The predicted octanol–water partition coefficient (Wildman–Crippen LogP) is -0.589. The van der Waals surface area contributed by atoms with Crippen LogP contribution in [0.25, 0.3) is 0 Å². The van der Waals surface area contributed by atoms with E-state index in [2.05, 4.69) is 0 Å². The standard InChI is InChI=1S/C5H14N2O2/c1-7(6)4-5(8-2)9-3/h5H,4,6H2,1-3H3. The minimum Gasteiger partial charge on any atom is -0.354 e. The number of hydrogen-bond donors (Lipinski definition) is 1. The van der Waals surface area contributed by atoms with Crippen LogP contribution in [0.2, 0.25) is 0 Å². The minimum atomic E-state index is -0.222. The lowest BCUT2D eigenvalue weighted by Gasteiger charge is -2.16. The molecule has 0 amide bonds. The van der Waals surface area contributed by atoms with E-state index >= 15 is 0 Å². The number of hydrogen-bond acceptors (Lipinski definition) is 4. The SMILES string of the molecule is COC(CN(C)N)OC. The third-order valence-corrected chi connectivity index (χ3v) is 0.963. The van der Waals surface area contributed by atoms with Crippen LogP contribution in [0.5, 0.6) is 0 Å². The summed E-state index contributed by atoms with van der Waals surface area (Å²) in [5, 5.41) is 1.51. The van der Waals surface area contributed by atoms with Crippen LogP contribution in [0.1, 0.15) is 0 Å². The molecule has 0 saturated carbocycles. The van der Waals surface area contributed by atoms with Crippen LogP contribution in [0.3, 0.4) is 0 Å². The van der Waals surface area contributed by atoms with Gasteiger partial charge in [0.1, 0.15) is 0 Å². The summed E-state index contributed by atoms with van der Waals surface area (Å²) in [7, 11) is 4.92. The molecule has 0 saturated heterocycles. The molecule has 0 aromatic rings. The van der Waals surface area contributed by atoms with Crippen molar-refractivity contribution in [3.63, 3.8) is 0 Å². The predicted molar refractivity (Wildman–Crippen MR) is 34.6 cm³/mol. The Kier molecular flexibility index (Phi) is 4.61. The molecular weight excluding hydrogens is 120 g/mol. The van der Waals surface area contributed by atoms with E-state index < -0.39 is 0 Å². The first-order valence-electron chi connectivity index (χ1n) is 2.72. The van der Waals surface area contributed by atoms with Crippen LogP contribution in [-0.4, -0.2) is 39.1 Å². The fraction of sp³-hybridized carbons (Fsp3) is 1.00. The van der Waals surface area contributed by atoms with Crippen LogP contribution in [-0.2, 0) is 9.47 Å². The van der Waals surface area contributed by atoms with Crippen LogP contribution in [0.4, 0.5) is 0 Å². The van der Waals surface area contributed by atoms with Crippen molar-refractivity contribution >= 4 is 0 Å². The van der Waals surface area contributed by atoms with E-state index in [0.717, 1.165) is 0 Å². The fourth-order valence-corrected chi connectivity index (χ4v) is 0.480. The Bertz CT molecular complexity index is 64.0. The van der Waals surface area contributed by atoms with E-state index in [-0.39, 0.29) is 6.29 Å². The van der Waals surface area contributed by atoms with Crippen molar-refractivity contribution in [2.45, 2.75) is 6.29 Å². The van der Waals surface area contributed by atoms with Gasteiger partial charge in [0.15, 0.2) is 6.29 Å². The first-order chi connectivity index (χ1) is 4.20. The number of rotatable bonds is 4. The third kappa shape index (κ3) is 4.35. The van der Waals surface area contributed by atoms with Gasteiger partial charge in [0, 0.05) is 21.3 Å². The summed E-state index contributed by atoms with van der Waals surface area (Å²) < 4.78 is 9.73. The number of methoxy groups -OCH3 is 2. The lowest BCUT2D eigenvalue weighted by atomic mass is 10.6. The average Bonchev–Trinajstić information content (AvgIpc) is 1.82. The molecule has 0 aliphatic rings. The van der Waals surface area contributed by atoms with Gasteiger partial charge in [-0.1, -0.05) is 0 Å². The van der Waals surface area contributed by atoms with Gasteiger partial charge in [-0.2, -0.15) is 0 Å². The highest BCUT2D eigenvalue weighted by Gasteiger charge is 2.04. The molecule has 0 fully saturated rings. The van der Waals surface area contributed by atoms with Crippen LogP contribution in [0, 0.1) is 0 Å². The summed E-state index contributed by atoms with van der Waals surface area (Å²) in [4.78, 5) is 0. The quantitative estimate of drug-likeness (QED) is 0.317. The van der Waals surface area contributed by atoms with Crippen molar-refractivity contribution in [3.8, 4) is 0 Å². The zero-order valence-electron chi connectivity index (χ0n) is 6.13. The zero-order chi connectivity index (χ0) is 7.28. The maximum atomic E-state index is 5.32. The number of nitrogens with two attached hydrogens (primary N) is 1. The van der Waals surface area contributed by atoms with E-state index in [1.165, 1.54) is 5.01 Å². The van der Waals surface area contributed by atoms with E-state index in [0.29, 0.717) is 6.54 Å². The van der Waals surface area contributed by atoms with E-state index in [9.17, 15) is 0 Å². The van der Waals surface area contributed by atoms with Crippen molar-refractivity contribution in [2.75, 3.05) is 27.8 Å². The summed E-state index contributed by atoms with van der Waals surface area (Å²) in [5.41, 5.74) is 0. The largest absolute Gasteiger partial charge is 0.354 e. The molecule has 0 aliphatic carbocycles. The van der Waals surface area contributed by atoms with Gasteiger partial charge < -0.3 is 9.47 Å². The Morgan fingerprint density at radius 3 is 2.00 bits per heavy atom. The highest BCUT2D eigenvalue weighted by atomic mass is 16.7. The van der Waals surface area contributed by atoms with Crippen molar-refractivity contribution in [2.24, 2.45) is 5.84 Å². The molecule has 0 aromatic heterocycles. The van der Waals surface area contributed by atoms with Gasteiger partial charge in [-0.05, 0) is 0 Å². The summed E-state index contributed by atoms with van der Waals surface area (Å²) in [6.07, 6.45) is -0.222.